The van der Waals surface area contributed by atoms with Gasteiger partial charge >= 0.3 is 18.1 Å². The van der Waals surface area contributed by atoms with Crippen LogP contribution in [0.4, 0.5) is 18.2 Å². The molecule has 0 fully saturated rings. The van der Waals surface area contributed by atoms with Crippen molar-refractivity contribution in [2.24, 2.45) is 0 Å². The number of ether oxygens (including phenoxy) is 2. The summed E-state index contributed by atoms with van der Waals surface area (Å²) in [7, 11) is 2.28. The Bertz CT molecular complexity index is 1020. The van der Waals surface area contributed by atoms with Crippen molar-refractivity contribution in [3.63, 3.8) is 0 Å². The molecule has 1 unspecified atom stereocenters. The predicted octanol–water partition coefficient (Wildman–Crippen LogP) is 4.01. The third-order valence-corrected chi connectivity index (χ3v) is 5.88. The van der Waals surface area contributed by atoms with Crippen LogP contribution in [0.1, 0.15) is 49.9 Å². The highest BCUT2D eigenvalue weighted by Crippen LogP contribution is 2.37. The van der Waals surface area contributed by atoms with Crippen molar-refractivity contribution in [2.45, 2.75) is 33.0 Å². The van der Waals surface area contributed by atoms with Gasteiger partial charge in [-0.2, -0.15) is 18.3 Å². The van der Waals surface area contributed by atoms with E-state index in [4.69, 9.17) is 16.3 Å². The van der Waals surface area contributed by atoms with E-state index in [0.29, 0.717) is 0 Å². The molecule has 8 nitrogen and oxygen atoms in total. The molecule has 0 bridgehead atoms. The molecule has 164 valence electrons. The van der Waals surface area contributed by atoms with Crippen molar-refractivity contribution in [3.05, 3.63) is 32.4 Å². The monoisotopic (exact) mass is 467 g/mol. The fourth-order valence-corrected chi connectivity index (χ4v) is 3.97. The van der Waals surface area contributed by atoms with Crippen molar-refractivity contribution < 1.29 is 37.0 Å². The van der Waals surface area contributed by atoms with Gasteiger partial charge in [0, 0.05) is 0 Å². The Morgan fingerprint density at radius 2 is 1.73 bits per heavy atom. The minimum Gasteiger partial charge on any atom is -0.465 e. The summed E-state index contributed by atoms with van der Waals surface area (Å²) in [6.45, 7) is 4.07. The third-order valence-electron chi connectivity index (χ3n) is 4.24. The fraction of sp³-hybridized carbons (Fsp3) is 0.412. The number of hydrogen-bond acceptors (Lipinski definition) is 7. The van der Waals surface area contributed by atoms with Gasteiger partial charge in [-0.15, -0.1) is 11.3 Å². The minimum absolute atomic E-state index is 0.0106. The number of carbonyl (C=O) groups is 3. The predicted molar refractivity (Wildman–Crippen MR) is 102 cm³/mol. The first kappa shape index (κ1) is 23.7. The summed E-state index contributed by atoms with van der Waals surface area (Å²) in [4.78, 5) is 36.8. The van der Waals surface area contributed by atoms with E-state index in [-0.39, 0.29) is 26.7 Å². The van der Waals surface area contributed by atoms with E-state index in [1.165, 1.54) is 20.8 Å². The molecule has 0 saturated carbocycles. The van der Waals surface area contributed by atoms with Crippen LogP contribution < -0.4 is 5.32 Å². The number of aromatic nitrogens is 2. The Morgan fingerprint density at radius 1 is 1.17 bits per heavy atom. The van der Waals surface area contributed by atoms with Crippen LogP contribution in [-0.4, -0.2) is 41.8 Å². The lowest BCUT2D eigenvalue weighted by atomic mass is 10.1. The van der Waals surface area contributed by atoms with E-state index in [9.17, 15) is 27.6 Å². The first-order valence-electron chi connectivity index (χ1n) is 8.27. The van der Waals surface area contributed by atoms with Crippen LogP contribution in [0, 0.1) is 13.8 Å². The van der Waals surface area contributed by atoms with Crippen molar-refractivity contribution in [2.75, 3.05) is 19.5 Å². The number of hydrogen-bond donors (Lipinski definition) is 1. The van der Waals surface area contributed by atoms with Gasteiger partial charge in [-0.3, -0.25) is 9.48 Å². The van der Waals surface area contributed by atoms with E-state index in [1.807, 2.05) is 0 Å². The summed E-state index contributed by atoms with van der Waals surface area (Å²) < 4.78 is 49.3. The molecule has 2 rings (SSSR count). The van der Waals surface area contributed by atoms with Crippen LogP contribution >= 0.6 is 22.9 Å². The first-order valence-corrected chi connectivity index (χ1v) is 9.47. The Kier molecular flexibility index (Phi) is 6.82. The van der Waals surface area contributed by atoms with Gasteiger partial charge in [0.1, 0.15) is 15.9 Å². The number of halogens is 4. The normalized spacial score (nSPS) is 12.4. The molecule has 0 aromatic carbocycles. The Labute approximate surface area is 177 Å². The van der Waals surface area contributed by atoms with Crippen LogP contribution in [0.3, 0.4) is 0 Å². The van der Waals surface area contributed by atoms with Gasteiger partial charge in [0.05, 0.1) is 30.5 Å². The van der Waals surface area contributed by atoms with E-state index in [1.54, 1.807) is 0 Å². The standard InChI is InChI=1S/C17H17ClF3N3O5S/c1-6-9(15(26)28-4)14(30-11(6)16(27)29-5)22-13(25)8(3)24-7(2)10(18)12(23-24)17(19,20)21/h8H,1-5H3,(H,22,25). The van der Waals surface area contributed by atoms with Gasteiger partial charge in [-0.25, -0.2) is 9.59 Å². The zero-order valence-electron chi connectivity index (χ0n) is 16.4. The van der Waals surface area contributed by atoms with E-state index in [0.717, 1.165) is 30.2 Å². The molecule has 0 aliphatic rings. The molecule has 0 saturated heterocycles. The number of anilines is 1. The van der Waals surface area contributed by atoms with Crippen molar-refractivity contribution in [3.8, 4) is 0 Å². The van der Waals surface area contributed by atoms with E-state index >= 15 is 0 Å². The van der Waals surface area contributed by atoms with Gasteiger partial charge in [-0.1, -0.05) is 11.6 Å². The summed E-state index contributed by atoms with van der Waals surface area (Å²) in [5.74, 6) is -2.31. The maximum atomic E-state index is 13.0. The summed E-state index contributed by atoms with van der Waals surface area (Å²) in [6.07, 6.45) is -4.79. The van der Waals surface area contributed by atoms with Crippen molar-refractivity contribution in [1.82, 2.24) is 9.78 Å². The van der Waals surface area contributed by atoms with E-state index in [2.05, 4.69) is 15.2 Å². The molecule has 0 spiro atoms. The summed E-state index contributed by atoms with van der Waals surface area (Å²) in [5.41, 5.74) is -1.19. The van der Waals surface area contributed by atoms with Crippen molar-refractivity contribution >= 4 is 45.8 Å². The highest BCUT2D eigenvalue weighted by atomic mass is 35.5. The molecular formula is C17H17ClF3N3O5S. The number of rotatable bonds is 5. The summed E-state index contributed by atoms with van der Waals surface area (Å²) in [5, 5.41) is 5.24. The molecule has 2 aromatic heterocycles. The zero-order chi connectivity index (χ0) is 23.0. The molecule has 1 N–H and O–H groups in total. The second-order valence-corrected chi connectivity index (χ2v) is 7.50. The molecule has 1 amide bonds. The van der Waals surface area contributed by atoms with Crippen LogP contribution in [0.2, 0.25) is 5.02 Å². The van der Waals surface area contributed by atoms with Crippen LogP contribution in [0.5, 0.6) is 0 Å². The lowest BCUT2D eigenvalue weighted by Gasteiger charge is -2.14. The summed E-state index contributed by atoms with van der Waals surface area (Å²) >= 11 is 6.50. The molecule has 0 radical (unpaired) electrons. The van der Waals surface area contributed by atoms with Gasteiger partial charge in [-0.05, 0) is 26.3 Å². The molecule has 13 heteroatoms. The number of methoxy groups -OCH3 is 2. The Morgan fingerprint density at radius 3 is 2.20 bits per heavy atom. The number of nitrogens with zero attached hydrogens (tertiary/aromatic N) is 2. The van der Waals surface area contributed by atoms with Crippen LogP contribution in [-0.2, 0) is 20.4 Å². The molecule has 2 aromatic rings. The van der Waals surface area contributed by atoms with Gasteiger partial charge in [0.15, 0.2) is 5.69 Å². The lowest BCUT2D eigenvalue weighted by Crippen LogP contribution is -2.26. The summed E-state index contributed by atoms with van der Waals surface area (Å²) in [6, 6.07) is -1.21. The quantitative estimate of drug-likeness (QED) is 0.667. The average molecular weight is 468 g/mol. The third kappa shape index (κ3) is 4.29. The molecule has 0 aliphatic heterocycles. The number of nitrogens with one attached hydrogen (secondary N) is 1. The first-order chi connectivity index (χ1) is 13.8. The topological polar surface area (TPSA) is 99.5 Å². The number of amides is 1. The maximum Gasteiger partial charge on any atom is 0.436 e. The molecule has 30 heavy (non-hydrogen) atoms. The zero-order valence-corrected chi connectivity index (χ0v) is 18.0. The number of carbonyl (C=O) groups excluding carboxylic acids is 3. The SMILES string of the molecule is COC(=O)c1sc(NC(=O)C(C)n2nc(C(F)(F)F)c(Cl)c2C)c(C(=O)OC)c1C. The number of alkyl halides is 3. The molecular weight excluding hydrogens is 451 g/mol. The highest BCUT2D eigenvalue weighted by Gasteiger charge is 2.39. The van der Waals surface area contributed by atoms with Gasteiger partial charge < -0.3 is 14.8 Å². The van der Waals surface area contributed by atoms with E-state index < -0.39 is 40.8 Å². The van der Waals surface area contributed by atoms with Crippen LogP contribution in [0.15, 0.2) is 0 Å². The number of esters is 2. The highest BCUT2D eigenvalue weighted by molar-refractivity contribution is 7.18. The minimum atomic E-state index is -4.79. The van der Waals surface area contributed by atoms with Gasteiger partial charge in [0.2, 0.25) is 5.91 Å². The molecule has 0 aliphatic carbocycles. The van der Waals surface area contributed by atoms with Gasteiger partial charge in [0.25, 0.3) is 0 Å². The molecule has 2 heterocycles. The Balaban J connectivity index is 2.43. The molecule has 1 atom stereocenters. The van der Waals surface area contributed by atoms with Crippen molar-refractivity contribution in [1.29, 1.82) is 0 Å². The lowest BCUT2D eigenvalue weighted by molar-refractivity contribution is -0.141. The Hall–Kier alpha value is -2.60. The number of thiophene rings is 1. The largest absolute Gasteiger partial charge is 0.465 e. The maximum absolute atomic E-state index is 13.0. The second-order valence-electron chi connectivity index (χ2n) is 6.10. The smallest absolute Gasteiger partial charge is 0.436 e. The fourth-order valence-electron chi connectivity index (χ4n) is 2.62. The average Bonchev–Trinajstić information content (AvgIpc) is 3.16. The second kappa shape index (κ2) is 8.64. The van der Waals surface area contributed by atoms with Crippen LogP contribution in [0.25, 0.3) is 0 Å².